The van der Waals surface area contributed by atoms with Gasteiger partial charge in [-0.15, -0.1) is 0 Å². The van der Waals surface area contributed by atoms with Crippen molar-refractivity contribution in [3.63, 3.8) is 0 Å². The molecule has 3 aromatic rings. The fourth-order valence-electron chi connectivity index (χ4n) is 2.55. The van der Waals surface area contributed by atoms with Gasteiger partial charge in [0.1, 0.15) is 6.26 Å². The van der Waals surface area contributed by atoms with Crippen molar-refractivity contribution >= 4 is 17.6 Å². The molecular weight excluding hydrogens is 340 g/mol. The van der Waals surface area contributed by atoms with Gasteiger partial charge in [-0.3, -0.25) is 4.90 Å². The molecule has 5 nitrogen and oxygen atoms in total. The van der Waals surface area contributed by atoms with E-state index in [1.807, 2.05) is 54.6 Å². The van der Waals surface area contributed by atoms with Gasteiger partial charge in [-0.1, -0.05) is 60.1 Å². The number of halogens is 1. The summed E-state index contributed by atoms with van der Waals surface area (Å²) in [7, 11) is 0. The second kappa shape index (κ2) is 7.96. The van der Waals surface area contributed by atoms with Crippen LogP contribution in [-0.4, -0.2) is 21.0 Å². The summed E-state index contributed by atoms with van der Waals surface area (Å²) < 4.78 is 5.30. The molecule has 25 heavy (non-hydrogen) atoms. The summed E-state index contributed by atoms with van der Waals surface area (Å²) in [5.74, 6) is -0.740. The summed E-state index contributed by atoms with van der Waals surface area (Å²) in [4.78, 5) is 17.1. The highest BCUT2D eigenvalue weighted by molar-refractivity contribution is 6.31. The summed E-state index contributed by atoms with van der Waals surface area (Å²) in [6.07, 6.45) is 1.16. The predicted octanol–water partition coefficient (Wildman–Crippen LogP) is 4.23. The first-order valence-corrected chi connectivity index (χ1v) is 8.17. The Labute approximate surface area is 150 Å². The van der Waals surface area contributed by atoms with Crippen molar-refractivity contribution < 1.29 is 14.3 Å². The molecule has 0 radical (unpaired) electrons. The largest absolute Gasteiger partial charge is 0.476 e. The van der Waals surface area contributed by atoms with Crippen LogP contribution in [0.4, 0.5) is 0 Å². The van der Waals surface area contributed by atoms with Gasteiger partial charge in [0.15, 0.2) is 5.69 Å². The van der Waals surface area contributed by atoms with E-state index < -0.39 is 5.97 Å². The van der Waals surface area contributed by atoms with Crippen LogP contribution in [0.15, 0.2) is 65.3 Å². The molecule has 0 atom stereocenters. The molecule has 0 saturated carbocycles. The first-order valence-electron chi connectivity index (χ1n) is 7.79. The molecule has 128 valence electrons. The number of nitrogens with zero attached hydrogens (tertiary/aromatic N) is 2. The van der Waals surface area contributed by atoms with E-state index in [0.29, 0.717) is 30.5 Å². The van der Waals surface area contributed by atoms with Crippen LogP contribution in [-0.2, 0) is 19.6 Å². The number of aromatic carboxylic acids is 1. The molecule has 1 aromatic heterocycles. The highest BCUT2D eigenvalue weighted by Crippen LogP contribution is 2.20. The Kier molecular flexibility index (Phi) is 5.48. The van der Waals surface area contributed by atoms with E-state index >= 15 is 0 Å². The first kappa shape index (κ1) is 17.2. The maximum Gasteiger partial charge on any atom is 0.357 e. The van der Waals surface area contributed by atoms with E-state index in [0.717, 1.165) is 17.4 Å². The summed E-state index contributed by atoms with van der Waals surface area (Å²) >= 11 is 6.28. The van der Waals surface area contributed by atoms with Gasteiger partial charge in [0, 0.05) is 18.1 Å². The SMILES string of the molecule is O=C(O)c1coc(CN(Cc2ccccc2)Cc2ccccc2Cl)n1. The number of aromatic nitrogens is 1. The summed E-state index contributed by atoms with van der Waals surface area (Å²) in [5, 5.41) is 9.68. The molecule has 0 saturated heterocycles. The minimum atomic E-state index is -1.10. The van der Waals surface area contributed by atoms with Crippen molar-refractivity contribution in [2.45, 2.75) is 19.6 Å². The minimum absolute atomic E-state index is 0.0904. The topological polar surface area (TPSA) is 66.6 Å². The smallest absolute Gasteiger partial charge is 0.357 e. The van der Waals surface area contributed by atoms with Crippen molar-refractivity contribution in [2.75, 3.05) is 0 Å². The summed E-state index contributed by atoms with van der Waals surface area (Å²) in [5.41, 5.74) is 2.04. The van der Waals surface area contributed by atoms with Crippen LogP contribution >= 0.6 is 11.6 Å². The second-order valence-corrected chi connectivity index (χ2v) is 6.06. The van der Waals surface area contributed by atoms with E-state index in [4.69, 9.17) is 21.1 Å². The molecule has 0 amide bonds. The van der Waals surface area contributed by atoms with E-state index in [-0.39, 0.29) is 5.69 Å². The Morgan fingerprint density at radius 3 is 2.44 bits per heavy atom. The fraction of sp³-hybridized carbons (Fsp3) is 0.158. The Bertz CT molecular complexity index is 849. The molecule has 0 spiro atoms. The molecular formula is C19H17ClN2O3. The molecule has 3 rings (SSSR count). The third-order valence-corrected chi connectivity index (χ3v) is 4.10. The number of hydrogen-bond acceptors (Lipinski definition) is 4. The lowest BCUT2D eigenvalue weighted by molar-refractivity contribution is 0.0690. The molecule has 1 heterocycles. The van der Waals surface area contributed by atoms with Crippen LogP contribution in [0, 0.1) is 0 Å². The summed E-state index contributed by atoms with van der Waals surface area (Å²) in [6.45, 7) is 1.64. The molecule has 0 aliphatic carbocycles. The lowest BCUT2D eigenvalue weighted by atomic mass is 10.1. The minimum Gasteiger partial charge on any atom is -0.476 e. The van der Waals surface area contributed by atoms with E-state index in [9.17, 15) is 4.79 Å². The number of rotatable bonds is 7. The Hall–Kier alpha value is -2.63. The molecule has 6 heteroatoms. The van der Waals surface area contributed by atoms with Gasteiger partial charge in [0.2, 0.25) is 5.89 Å². The number of carboxylic acids is 1. The van der Waals surface area contributed by atoms with Crippen LogP contribution < -0.4 is 0 Å². The van der Waals surface area contributed by atoms with Crippen molar-refractivity contribution in [3.05, 3.63) is 88.6 Å². The van der Waals surface area contributed by atoms with Gasteiger partial charge < -0.3 is 9.52 Å². The number of carbonyl (C=O) groups is 1. The lowest BCUT2D eigenvalue weighted by Gasteiger charge is -2.21. The van der Waals surface area contributed by atoms with Crippen LogP contribution in [0.2, 0.25) is 5.02 Å². The quantitative estimate of drug-likeness (QED) is 0.686. The average molecular weight is 357 g/mol. The van der Waals surface area contributed by atoms with Crippen molar-refractivity contribution in [1.82, 2.24) is 9.88 Å². The number of hydrogen-bond donors (Lipinski definition) is 1. The average Bonchev–Trinajstić information content (AvgIpc) is 3.07. The molecule has 0 aliphatic rings. The third-order valence-electron chi connectivity index (χ3n) is 3.73. The molecule has 0 aliphatic heterocycles. The number of carboxylic acid groups (broad SMARTS) is 1. The Morgan fingerprint density at radius 2 is 1.76 bits per heavy atom. The zero-order valence-corrected chi connectivity index (χ0v) is 14.2. The molecule has 1 N–H and O–H groups in total. The highest BCUT2D eigenvalue weighted by atomic mass is 35.5. The van der Waals surface area contributed by atoms with Crippen LogP contribution in [0.1, 0.15) is 27.5 Å². The molecule has 0 unspecified atom stereocenters. The van der Waals surface area contributed by atoms with Gasteiger partial charge in [0.05, 0.1) is 6.54 Å². The maximum atomic E-state index is 11.0. The van der Waals surface area contributed by atoms with Crippen molar-refractivity contribution in [2.24, 2.45) is 0 Å². The summed E-state index contributed by atoms with van der Waals surface area (Å²) in [6, 6.07) is 17.7. The number of oxazole rings is 1. The normalized spacial score (nSPS) is 11.0. The van der Waals surface area contributed by atoms with Crippen LogP contribution in [0.5, 0.6) is 0 Å². The fourth-order valence-corrected chi connectivity index (χ4v) is 2.75. The molecule has 0 fully saturated rings. The van der Waals surface area contributed by atoms with Gasteiger partial charge in [-0.25, -0.2) is 9.78 Å². The monoisotopic (exact) mass is 356 g/mol. The first-order chi connectivity index (χ1) is 12.1. The standard InChI is InChI=1S/C19H17ClN2O3/c20-16-9-5-4-8-15(16)11-22(10-14-6-2-1-3-7-14)12-18-21-17(13-25-18)19(23)24/h1-9,13H,10-12H2,(H,23,24). The lowest BCUT2D eigenvalue weighted by Crippen LogP contribution is -2.23. The Balaban J connectivity index is 1.80. The highest BCUT2D eigenvalue weighted by Gasteiger charge is 2.15. The predicted molar refractivity (Wildman–Crippen MR) is 94.3 cm³/mol. The zero-order chi connectivity index (χ0) is 17.6. The van der Waals surface area contributed by atoms with Crippen molar-refractivity contribution in [3.8, 4) is 0 Å². The van der Waals surface area contributed by atoms with E-state index in [1.165, 1.54) is 0 Å². The van der Waals surface area contributed by atoms with E-state index in [2.05, 4.69) is 9.88 Å². The van der Waals surface area contributed by atoms with Crippen LogP contribution in [0.3, 0.4) is 0 Å². The maximum absolute atomic E-state index is 11.0. The van der Waals surface area contributed by atoms with Gasteiger partial charge in [0.25, 0.3) is 0 Å². The zero-order valence-electron chi connectivity index (χ0n) is 13.4. The van der Waals surface area contributed by atoms with E-state index in [1.54, 1.807) is 0 Å². The second-order valence-electron chi connectivity index (χ2n) is 5.65. The van der Waals surface area contributed by atoms with Gasteiger partial charge >= 0.3 is 5.97 Å². The van der Waals surface area contributed by atoms with Gasteiger partial charge in [-0.05, 0) is 17.2 Å². The number of benzene rings is 2. The Morgan fingerprint density at radius 1 is 1.04 bits per heavy atom. The van der Waals surface area contributed by atoms with Gasteiger partial charge in [-0.2, -0.15) is 0 Å². The molecule has 0 bridgehead atoms. The van der Waals surface area contributed by atoms with Crippen LogP contribution in [0.25, 0.3) is 0 Å². The van der Waals surface area contributed by atoms with Crippen molar-refractivity contribution in [1.29, 1.82) is 0 Å². The third kappa shape index (κ3) is 4.68. The molecule has 2 aromatic carbocycles.